The van der Waals surface area contributed by atoms with E-state index in [1.807, 2.05) is 25.1 Å². The summed E-state index contributed by atoms with van der Waals surface area (Å²) < 4.78 is 23.3. The average molecular weight is 375 g/mol. The van der Waals surface area contributed by atoms with Crippen LogP contribution in [0.25, 0.3) is 5.69 Å². The quantitative estimate of drug-likeness (QED) is 0.706. The van der Waals surface area contributed by atoms with E-state index in [1.165, 1.54) is 6.20 Å². The van der Waals surface area contributed by atoms with Gasteiger partial charge < -0.3 is 24.3 Å². The number of hydrogen-bond acceptors (Lipinski definition) is 7. The molecule has 0 saturated carbocycles. The third-order valence-corrected chi connectivity index (χ3v) is 4.17. The molecular formula is C19H25N3O5. The molecule has 0 spiro atoms. The van der Waals surface area contributed by atoms with Crippen molar-refractivity contribution in [2.45, 2.75) is 26.4 Å². The predicted molar refractivity (Wildman–Crippen MR) is 98.7 cm³/mol. The zero-order valence-corrected chi connectivity index (χ0v) is 15.9. The summed E-state index contributed by atoms with van der Waals surface area (Å²) in [5, 5.41) is 7.76. The largest absolute Gasteiger partial charge is 0.486 e. The second-order valence-electron chi connectivity index (χ2n) is 6.20. The molecule has 1 N–H and O–H groups in total. The van der Waals surface area contributed by atoms with Crippen LogP contribution in [0.2, 0.25) is 0 Å². The maximum absolute atomic E-state index is 12.3. The van der Waals surface area contributed by atoms with Crippen LogP contribution in [0.3, 0.4) is 0 Å². The summed E-state index contributed by atoms with van der Waals surface area (Å²) in [6.07, 6.45) is 1.53. The summed E-state index contributed by atoms with van der Waals surface area (Å²) >= 11 is 0. The number of rotatable bonds is 8. The molecule has 0 amide bonds. The van der Waals surface area contributed by atoms with Crippen molar-refractivity contribution in [3.8, 4) is 17.2 Å². The Labute approximate surface area is 158 Å². The number of aromatic nitrogens is 2. The van der Waals surface area contributed by atoms with Gasteiger partial charge in [-0.1, -0.05) is 0 Å². The molecule has 1 aliphatic rings. The maximum Gasteiger partial charge on any atom is 0.341 e. The van der Waals surface area contributed by atoms with Gasteiger partial charge in [-0.05, 0) is 26.0 Å². The lowest BCUT2D eigenvalue weighted by Crippen LogP contribution is -2.31. The Bertz CT molecular complexity index is 790. The van der Waals surface area contributed by atoms with Gasteiger partial charge in [0.1, 0.15) is 18.8 Å². The van der Waals surface area contributed by atoms with Crippen LogP contribution in [-0.2, 0) is 16.0 Å². The van der Waals surface area contributed by atoms with Gasteiger partial charge in [0, 0.05) is 25.8 Å². The molecule has 1 aromatic carbocycles. The molecule has 1 aliphatic heterocycles. The molecule has 0 radical (unpaired) electrons. The molecule has 1 aromatic heterocycles. The van der Waals surface area contributed by atoms with Gasteiger partial charge in [0.05, 0.1) is 30.8 Å². The van der Waals surface area contributed by atoms with Gasteiger partial charge in [-0.25, -0.2) is 9.48 Å². The van der Waals surface area contributed by atoms with Crippen LogP contribution < -0.4 is 14.8 Å². The van der Waals surface area contributed by atoms with E-state index in [-0.39, 0.29) is 6.04 Å². The number of hydrogen-bond donors (Lipinski definition) is 1. The highest BCUT2D eigenvalue weighted by Gasteiger charge is 2.21. The lowest BCUT2D eigenvalue weighted by atomic mass is 10.2. The van der Waals surface area contributed by atoms with Gasteiger partial charge in [0.2, 0.25) is 0 Å². The number of esters is 1. The van der Waals surface area contributed by atoms with Crippen molar-refractivity contribution in [2.24, 2.45) is 0 Å². The number of carbonyl (C=O) groups excluding carboxylic acids is 1. The molecule has 8 heteroatoms. The Morgan fingerprint density at radius 1 is 1.33 bits per heavy atom. The number of nitrogens with one attached hydrogen (secondary N) is 1. The van der Waals surface area contributed by atoms with Gasteiger partial charge in [-0.2, -0.15) is 5.10 Å². The minimum absolute atomic E-state index is 0.119. The van der Waals surface area contributed by atoms with Crippen molar-refractivity contribution in [3.05, 3.63) is 35.7 Å². The number of nitrogens with zero attached hydrogens (tertiary/aromatic N) is 2. The van der Waals surface area contributed by atoms with Gasteiger partial charge in [0.15, 0.2) is 11.5 Å². The standard InChI is InChI=1S/C19H25N3O5/c1-4-25-19(23)15-10-21-22(16(15)11-20-13(2)12-24-3)14-5-6-17-18(9-14)27-8-7-26-17/h5-6,9-10,13,20H,4,7-8,11-12H2,1-3H3. The van der Waals surface area contributed by atoms with Crippen LogP contribution in [0.1, 0.15) is 29.9 Å². The summed E-state index contributed by atoms with van der Waals surface area (Å²) in [7, 11) is 1.65. The predicted octanol–water partition coefficient (Wildman–Crippen LogP) is 1.94. The summed E-state index contributed by atoms with van der Waals surface area (Å²) in [4.78, 5) is 12.3. The van der Waals surface area contributed by atoms with E-state index >= 15 is 0 Å². The monoisotopic (exact) mass is 375 g/mol. The van der Waals surface area contributed by atoms with E-state index in [9.17, 15) is 4.79 Å². The topological polar surface area (TPSA) is 83.8 Å². The average Bonchev–Trinajstić information content (AvgIpc) is 3.10. The zero-order chi connectivity index (χ0) is 19.2. The molecule has 2 aromatic rings. The molecule has 0 fully saturated rings. The van der Waals surface area contributed by atoms with E-state index in [0.717, 1.165) is 5.69 Å². The highest BCUT2D eigenvalue weighted by atomic mass is 16.6. The molecule has 2 heterocycles. The molecule has 8 nitrogen and oxygen atoms in total. The molecule has 0 saturated heterocycles. The number of carbonyl (C=O) groups is 1. The van der Waals surface area contributed by atoms with Crippen LogP contribution in [0.15, 0.2) is 24.4 Å². The van der Waals surface area contributed by atoms with Crippen LogP contribution in [-0.4, -0.2) is 55.3 Å². The smallest absolute Gasteiger partial charge is 0.341 e. The molecule has 146 valence electrons. The first-order chi connectivity index (χ1) is 13.1. The first-order valence-electron chi connectivity index (χ1n) is 9.00. The fourth-order valence-corrected chi connectivity index (χ4v) is 2.89. The second-order valence-corrected chi connectivity index (χ2v) is 6.20. The van der Waals surface area contributed by atoms with E-state index in [0.29, 0.717) is 55.7 Å². The Morgan fingerprint density at radius 3 is 2.85 bits per heavy atom. The minimum atomic E-state index is -0.391. The van der Waals surface area contributed by atoms with E-state index in [2.05, 4.69) is 10.4 Å². The molecule has 3 rings (SSSR count). The number of benzene rings is 1. The molecule has 0 bridgehead atoms. The van der Waals surface area contributed by atoms with E-state index < -0.39 is 5.97 Å². The van der Waals surface area contributed by atoms with Crippen LogP contribution in [0.4, 0.5) is 0 Å². The summed E-state index contributed by atoms with van der Waals surface area (Å²) in [5.74, 6) is 0.979. The van der Waals surface area contributed by atoms with Crippen LogP contribution in [0, 0.1) is 0 Å². The van der Waals surface area contributed by atoms with Crippen molar-refractivity contribution >= 4 is 5.97 Å². The Morgan fingerprint density at radius 2 is 2.11 bits per heavy atom. The molecular weight excluding hydrogens is 350 g/mol. The van der Waals surface area contributed by atoms with Crippen molar-refractivity contribution in [1.82, 2.24) is 15.1 Å². The third kappa shape index (κ3) is 4.40. The van der Waals surface area contributed by atoms with Gasteiger partial charge in [-0.15, -0.1) is 0 Å². The van der Waals surface area contributed by atoms with Crippen molar-refractivity contribution in [3.63, 3.8) is 0 Å². The Balaban J connectivity index is 1.92. The highest BCUT2D eigenvalue weighted by molar-refractivity contribution is 5.90. The highest BCUT2D eigenvalue weighted by Crippen LogP contribution is 2.32. The number of fused-ring (bicyclic) bond motifs is 1. The second kappa shape index (κ2) is 8.88. The van der Waals surface area contributed by atoms with Crippen LogP contribution >= 0.6 is 0 Å². The van der Waals surface area contributed by atoms with Crippen molar-refractivity contribution in [1.29, 1.82) is 0 Å². The van der Waals surface area contributed by atoms with Gasteiger partial charge in [-0.3, -0.25) is 0 Å². The SMILES string of the molecule is CCOC(=O)c1cnn(-c2ccc3c(c2)OCCO3)c1CNC(C)COC. The molecule has 27 heavy (non-hydrogen) atoms. The molecule has 1 atom stereocenters. The van der Waals surface area contributed by atoms with Crippen molar-refractivity contribution < 1.29 is 23.7 Å². The first-order valence-corrected chi connectivity index (χ1v) is 9.00. The van der Waals surface area contributed by atoms with Crippen LogP contribution in [0.5, 0.6) is 11.5 Å². The Hall–Kier alpha value is -2.58. The van der Waals surface area contributed by atoms with E-state index in [4.69, 9.17) is 18.9 Å². The summed E-state index contributed by atoms with van der Waals surface area (Å²) in [5.41, 5.74) is 1.93. The van der Waals surface area contributed by atoms with Gasteiger partial charge >= 0.3 is 5.97 Å². The normalized spacial score (nSPS) is 14.0. The fraction of sp³-hybridized carbons (Fsp3) is 0.474. The lowest BCUT2D eigenvalue weighted by Gasteiger charge is -2.19. The van der Waals surface area contributed by atoms with E-state index in [1.54, 1.807) is 18.7 Å². The maximum atomic E-state index is 12.3. The minimum Gasteiger partial charge on any atom is -0.486 e. The first kappa shape index (κ1) is 19.2. The summed E-state index contributed by atoms with van der Waals surface area (Å²) in [6, 6.07) is 5.71. The van der Waals surface area contributed by atoms with Crippen molar-refractivity contribution in [2.75, 3.05) is 33.5 Å². The van der Waals surface area contributed by atoms with Gasteiger partial charge in [0.25, 0.3) is 0 Å². The number of ether oxygens (including phenoxy) is 4. The zero-order valence-electron chi connectivity index (χ0n) is 15.9. The number of methoxy groups -OCH3 is 1. The molecule has 1 unspecified atom stereocenters. The molecule has 0 aliphatic carbocycles. The lowest BCUT2D eigenvalue weighted by molar-refractivity contribution is 0.0524. The fourth-order valence-electron chi connectivity index (χ4n) is 2.89. The summed E-state index contributed by atoms with van der Waals surface area (Å²) in [6.45, 7) is 6.14. The third-order valence-electron chi connectivity index (χ3n) is 4.17. The Kier molecular flexibility index (Phi) is 6.31.